The molecule has 27 heavy (non-hydrogen) atoms. The molecule has 1 aromatic carbocycles. The zero-order valence-corrected chi connectivity index (χ0v) is 14.9. The largest absolute Gasteiger partial charge is 0.383 e. The zero-order chi connectivity index (χ0) is 19.2. The van der Waals surface area contributed by atoms with Crippen molar-refractivity contribution in [3.63, 3.8) is 0 Å². The zero-order valence-electron chi connectivity index (χ0n) is 14.9. The maximum Gasteiger partial charge on any atom is 0.318 e. The van der Waals surface area contributed by atoms with Crippen LogP contribution in [0.5, 0.6) is 0 Å². The highest BCUT2D eigenvalue weighted by Crippen LogP contribution is 2.09. The number of amides is 1. The summed E-state index contributed by atoms with van der Waals surface area (Å²) in [6.07, 6.45) is 1.55. The lowest BCUT2D eigenvalue weighted by atomic mass is 10.2. The molecule has 140 valence electrons. The Kier molecular flexibility index (Phi) is 5.77. The molecule has 0 saturated heterocycles. The quantitative estimate of drug-likeness (QED) is 0.480. The number of nitrogens with zero attached hydrogens (tertiary/aromatic N) is 3. The molecule has 0 atom stereocenters. The normalized spacial score (nSPS) is 10.9. The predicted molar refractivity (Wildman–Crippen MR) is 101 cm³/mol. The van der Waals surface area contributed by atoms with Gasteiger partial charge in [-0.1, -0.05) is 30.3 Å². The van der Waals surface area contributed by atoms with Crippen LogP contribution in [0.15, 0.2) is 58.3 Å². The van der Waals surface area contributed by atoms with Crippen LogP contribution in [0.4, 0.5) is 0 Å². The standard InChI is InChI=1S/C19H20N4O4/c1-27-11-10-20-16(24)13-22-15-8-5-9-21-17(15)23(19(26)18(22)25)12-14-6-3-2-4-7-14/h2-9H,10-13H2,1H3,(H,20,24). The molecule has 8 nitrogen and oxygen atoms in total. The van der Waals surface area contributed by atoms with Crippen LogP contribution < -0.4 is 16.4 Å². The smallest absolute Gasteiger partial charge is 0.318 e. The Hall–Kier alpha value is -3.26. The van der Waals surface area contributed by atoms with Crippen LogP contribution in [0.2, 0.25) is 0 Å². The van der Waals surface area contributed by atoms with Gasteiger partial charge >= 0.3 is 11.1 Å². The van der Waals surface area contributed by atoms with Gasteiger partial charge in [0, 0.05) is 19.9 Å². The number of ether oxygens (including phenoxy) is 1. The van der Waals surface area contributed by atoms with E-state index in [0.29, 0.717) is 24.3 Å². The van der Waals surface area contributed by atoms with E-state index in [1.807, 2.05) is 30.3 Å². The van der Waals surface area contributed by atoms with E-state index in [9.17, 15) is 14.4 Å². The number of rotatable bonds is 7. The van der Waals surface area contributed by atoms with Gasteiger partial charge in [-0.15, -0.1) is 0 Å². The van der Waals surface area contributed by atoms with Gasteiger partial charge in [0.15, 0.2) is 5.65 Å². The van der Waals surface area contributed by atoms with Crippen molar-refractivity contribution in [2.75, 3.05) is 20.3 Å². The number of carbonyl (C=O) groups excluding carboxylic acids is 1. The molecule has 2 heterocycles. The molecule has 0 spiro atoms. The fourth-order valence-electron chi connectivity index (χ4n) is 2.81. The van der Waals surface area contributed by atoms with E-state index < -0.39 is 11.1 Å². The average Bonchev–Trinajstić information content (AvgIpc) is 2.69. The van der Waals surface area contributed by atoms with Crippen molar-refractivity contribution in [1.29, 1.82) is 0 Å². The molecule has 3 aromatic rings. The predicted octanol–water partition coefficient (Wildman–Crippen LogP) is 0.369. The number of benzene rings is 1. The summed E-state index contributed by atoms with van der Waals surface area (Å²) in [7, 11) is 1.53. The molecule has 0 saturated carbocycles. The van der Waals surface area contributed by atoms with E-state index in [0.717, 1.165) is 10.1 Å². The van der Waals surface area contributed by atoms with Gasteiger partial charge < -0.3 is 10.1 Å². The Morgan fingerprint density at radius 2 is 1.81 bits per heavy atom. The van der Waals surface area contributed by atoms with Gasteiger partial charge in [-0.25, -0.2) is 4.98 Å². The topological polar surface area (TPSA) is 95.2 Å². The van der Waals surface area contributed by atoms with Crippen molar-refractivity contribution in [3.05, 3.63) is 74.9 Å². The van der Waals surface area contributed by atoms with Crippen LogP contribution in [0.1, 0.15) is 5.56 Å². The van der Waals surface area contributed by atoms with Gasteiger partial charge in [-0.3, -0.25) is 23.5 Å². The third-order valence-corrected chi connectivity index (χ3v) is 4.10. The van der Waals surface area contributed by atoms with Gasteiger partial charge in [0.1, 0.15) is 6.54 Å². The van der Waals surface area contributed by atoms with Crippen molar-refractivity contribution in [3.8, 4) is 0 Å². The average molecular weight is 368 g/mol. The summed E-state index contributed by atoms with van der Waals surface area (Å²) >= 11 is 0. The van der Waals surface area contributed by atoms with E-state index in [1.54, 1.807) is 18.3 Å². The van der Waals surface area contributed by atoms with Crippen molar-refractivity contribution < 1.29 is 9.53 Å². The minimum absolute atomic E-state index is 0.225. The Labute approximate surface area is 155 Å². The molecular weight excluding hydrogens is 348 g/mol. The fourth-order valence-corrected chi connectivity index (χ4v) is 2.81. The second-order valence-electron chi connectivity index (χ2n) is 5.96. The van der Waals surface area contributed by atoms with Crippen LogP contribution in [0.25, 0.3) is 11.2 Å². The SMILES string of the molecule is COCCNC(=O)Cn1c(=O)c(=O)n(Cc2ccccc2)c2ncccc21. The molecule has 1 N–H and O–H groups in total. The summed E-state index contributed by atoms with van der Waals surface area (Å²) in [6, 6.07) is 12.7. The van der Waals surface area contributed by atoms with Crippen LogP contribution in [0, 0.1) is 0 Å². The number of pyridine rings is 1. The summed E-state index contributed by atoms with van der Waals surface area (Å²) in [6.45, 7) is 0.655. The van der Waals surface area contributed by atoms with Gasteiger partial charge in [0.2, 0.25) is 5.91 Å². The Morgan fingerprint density at radius 1 is 1.07 bits per heavy atom. The monoisotopic (exact) mass is 368 g/mol. The lowest BCUT2D eigenvalue weighted by Gasteiger charge is -2.14. The van der Waals surface area contributed by atoms with Gasteiger partial charge in [-0.05, 0) is 17.7 Å². The first-order chi connectivity index (χ1) is 13.1. The molecule has 0 aliphatic heterocycles. The lowest BCUT2D eigenvalue weighted by molar-refractivity contribution is -0.121. The molecule has 8 heteroatoms. The Balaban J connectivity index is 2.03. The molecule has 1 amide bonds. The molecule has 0 bridgehead atoms. The first-order valence-electron chi connectivity index (χ1n) is 8.49. The number of hydrogen-bond acceptors (Lipinski definition) is 5. The fraction of sp³-hybridized carbons (Fsp3) is 0.263. The second kappa shape index (κ2) is 8.41. The molecular formula is C19H20N4O4. The van der Waals surface area contributed by atoms with Crippen LogP contribution in [-0.4, -0.2) is 40.3 Å². The summed E-state index contributed by atoms with van der Waals surface area (Å²) in [4.78, 5) is 41.7. The number of methoxy groups -OCH3 is 1. The van der Waals surface area contributed by atoms with E-state index in [2.05, 4.69) is 10.3 Å². The maximum atomic E-state index is 12.7. The maximum absolute atomic E-state index is 12.7. The molecule has 0 unspecified atom stereocenters. The minimum Gasteiger partial charge on any atom is -0.383 e. The van der Waals surface area contributed by atoms with Crippen molar-refractivity contribution in [2.45, 2.75) is 13.1 Å². The van der Waals surface area contributed by atoms with Gasteiger partial charge in [0.05, 0.1) is 18.7 Å². The van der Waals surface area contributed by atoms with Crippen LogP contribution in [-0.2, 0) is 22.6 Å². The molecule has 0 radical (unpaired) electrons. The second-order valence-corrected chi connectivity index (χ2v) is 5.96. The highest BCUT2D eigenvalue weighted by molar-refractivity contribution is 5.78. The van der Waals surface area contributed by atoms with Gasteiger partial charge in [0.25, 0.3) is 0 Å². The van der Waals surface area contributed by atoms with Crippen LogP contribution in [0.3, 0.4) is 0 Å². The first kappa shape index (κ1) is 18.5. The highest BCUT2D eigenvalue weighted by atomic mass is 16.5. The van der Waals surface area contributed by atoms with E-state index in [1.165, 1.54) is 11.7 Å². The molecule has 0 aliphatic carbocycles. The number of aromatic nitrogens is 3. The minimum atomic E-state index is -0.756. The lowest BCUT2D eigenvalue weighted by Crippen LogP contribution is -2.44. The van der Waals surface area contributed by atoms with Crippen molar-refractivity contribution in [1.82, 2.24) is 19.4 Å². The van der Waals surface area contributed by atoms with E-state index >= 15 is 0 Å². The van der Waals surface area contributed by atoms with Crippen molar-refractivity contribution >= 4 is 17.1 Å². The number of carbonyl (C=O) groups is 1. The first-order valence-corrected chi connectivity index (χ1v) is 8.49. The molecule has 0 fully saturated rings. The summed E-state index contributed by atoms with van der Waals surface area (Å²) in [5, 5.41) is 2.64. The summed E-state index contributed by atoms with van der Waals surface area (Å²) < 4.78 is 7.38. The molecule has 3 rings (SSSR count). The summed E-state index contributed by atoms with van der Waals surface area (Å²) in [5.74, 6) is -0.375. The Morgan fingerprint density at radius 3 is 2.56 bits per heavy atom. The van der Waals surface area contributed by atoms with Crippen molar-refractivity contribution in [2.24, 2.45) is 0 Å². The summed E-state index contributed by atoms with van der Waals surface area (Å²) in [5.41, 5.74) is 0.194. The Bertz CT molecular complexity index is 1060. The molecule has 0 aliphatic rings. The molecule has 2 aromatic heterocycles. The number of fused-ring (bicyclic) bond motifs is 1. The van der Waals surface area contributed by atoms with E-state index in [-0.39, 0.29) is 19.0 Å². The highest BCUT2D eigenvalue weighted by Gasteiger charge is 2.16. The number of nitrogens with one attached hydrogen (secondary N) is 1. The third kappa shape index (κ3) is 4.12. The van der Waals surface area contributed by atoms with E-state index in [4.69, 9.17) is 4.74 Å². The third-order valence-electron chi connectivity index (χ3n) is 4.10. The van der Waals surface area contributed by atoms with Crippen LogP contribution >= 0.6 is 0 Å². The number of hydrogen-bond donors (Lipinski definition) is 1. The van der Waals surface area contributed by atoms with Gasteiger partial charge in [-0.2, -0.15) is 0 Å².